The predicted octanol–water partition coefficient (Wildman–Crippen LogP) is 3.44. The molecule has 0 radical (unpaired) electrons. The SMILES string of the molecule is Cc1cccn2c(-c3ccc(Nc4ccc(N5CCN(C)CC5)cn4)c4c3CNC4=O)cnc12. The van der Waals surface area contributed by atoms with Gasteiger partial charge in [-0.15, -0.1) is 0 Å². The molecule has 1 fully saturated rings. The average molecular weight is 454 g/mol. The van der Waals surface area contributed by atoms with Crippen LogP contribution >= 0.6 is 0 Å². The molecular weight excluding hydrogens is 426 g/mol. The molecule has 3 aromatic heterocycles. The summed E-state index contributed by atoms with van der Waals surface area (Å²) in [7, 11) is 2.15. The van der Waals surface area contributed by atoms with E-state index in [0.29, 0.717) is 12.1 Å². The third kappa shape index (κ3) is 3.47. The van der Waals surface area contributed by atoms with Crippen LogP contribution in [-0.2, 0) is 6.54 Å². The number of nitrogens with zero attached hydrogens (tertiary/aromatic N) is 5. The summed E-state index contributed by atoms with van der Waals surface area (Å²) in [6, 6.07) is 12.2. The van der Waals surface area contributed by atoms with Gasteiger partial charge >= 0.3 is 0 Å². The van der Waals surface area contributed by atoms with Crippen LogP contribution in [-0.4, -0.2) is 58.4 Å². The summed E-state index contributed by atoms with van der Waals surface area (Å²) in [5, 5.41) is 6.36. The molecule has 34 heavy (non-hydrogen) atoms. The van der Waals surface area contributed by atoms with Crippen molar-refractivity contribution >= 4 is 28.7 Å². The number of amides is 1. The van der Waals surface area contributed by atoms with Gasteiger partial charge in [-0.25, -0.2) is 9.97 Å². The quantitative estimate of drug-likeness (QED) is 0.493. The minimum atomic E-state index is -0.0709. The number of pyridine rings is 2. The van der Waals surface area contributed by atoms with Crippen LogP contribution in [0, 0.1) is 6.92 Å². The second-order valence-corrected chi connectivity index (χ2v) is 9.04. The van der Waals surface area contributed by atoms with Gasteiger partial charge in [-0.3, -0.25) is 9.20 Å². The monoisotopic (exact) mass is 453 g/mol. The molecule has 2 aliphatic rings. The Hall–Kier alpha value is -3.91. The van der Waals surface area contributed by atoms with Gasteiger partial charge in [0.25, 0.3) is 5.91 Å². The van der Waals surface area contributed by atoms with E-state index >= 15 is 0 Å². The molecule has 4 aromatic rings. The minimum absolute atomic E-state index is 0.0709. The standard InChI is InChI=1S/C26H27N7O/c1-17-4-3-9-33-22(16-28-25(17)33)19-6-7-21(24-20(19)15-29-26(24)34)30-23-8-5-18(14-27-23)32-12-10-31(2)11-13-32/h3-9,14,16H,10-13,15H2,1-2H3,(H,27,30)(H,29,34). The van der Waals surface area contributed by atoms with Crippen LogP contribution < -0.4 is 15.5 Å². The average Bonchev–Trinajstić information content (AvgIpc) is 3.46. The normalized spacial score (nSPS) is 16.1. The number of piperazine rings is 1. The second kappa shape index (κ2) is 8.14. The van der Waals surface area contributed by atoms with E-state index in [1.54, 1.807) is 0 Å². The summed E-state index contributed by atoms with van der Waals surface area (Å²) >= 11 is 0. The first-order chi connectivity index (χ1) is 16.6. The molecule has 1 amide bonds. The fraction of sp³-hybridized carbons (Fsp3) is 0.269. The molecule has 5 heterocycles. The number of hydrogen-bond acceptors (Lipinski definition) is 6. The van der Waals surface area contributed by atoms with Crippen LogP contribution in [0.3, 0.4) is 0 Å². The lowest BCUT2D eigenvalue weighted by Crippen LogP contribution is -2.44. The minimum Gasteiger partial charge on any atom is -0.368 e. The Kier molecular flexibility index (Phi) is 4.95. The van der Waals surface area contributed by atoms with Crippen LogP contribution in [0.25, 0.3) is 16.9 Å². The Bertz CT molecular complexity index is 1380. The van der Waals surface area contributed by atoms with Crippen molar-refractivity contribution in [1.82, 2.24) is 24.6 Å². The number of fused-ring (bicyclic) bond motifs is 2. The van der Waals surface area contributed by atoms with Crippen LogP contribution in [0.5, 0.6) is 0 Å². The Morgan fingerprint density at radius 2 is 1.85 bits per heavy atom. The summed E-state index contributed by atoms with van der Waals surface area (Å²) in [5.74, 6) is 0.649. The molecule has 6 rings (SSSR count). The lowest BCUT2D eigenvalue weighted by Gasteiger charge is -2.33. The number of benzene rings is 1. The van der Waals surface area contributed by atoms with Crippen molar-refractivity contribution in [3.05, 3.63) is 71.7 Å². The zero-order valence-corrected chi connectivity index (χ0v) is 19.4. The molecule has 0 spiro atoms. The van der Waals surface area contributed by atoms with Crippen molar-refractivity contribution in [2.75, 3.05) is 43.4 Å². The van der Waals surface area contributed by atoms with Gasteiger partial charge in [-0.1, -0.05) is 12.1 Å². The maximum Gasteiger partial charge on any atom is 0.254 e. The number of rotatable bonds is 4. The molecule has 0 saturated carbocycles. The van der Waals surface area contributed by atoms with Gasteiger partial charge in [0, 0.05) is 44.5 Å². The fourth-order valence-corrected chi connectivity index (χ4v) is 4.89. The molecule has 1 saturated heterocycles. The number of nitrogens with one attached hydrogen (secondary N) is 2. The molecule has 0 aliphatic carbocycles. The van der Waals surface area contributed by atoms with Gasteiger partial charge in [0.1, 0.15) is 11.5 Å². The summed E-state index contributed by atoms with van der Waals surface area (Å²) < 4.78 is 2.08. The molecule has 0 unspecified atom stereocenters. The van der Waals surface area contributed by atoms with E-state index in [9.17, 15) is 4.79 Å². The number of carbonyl (C=O) groups is 1. The first-order valence-corrected chi connectivity index (χ1v) is 11.6. The van der Waals surface area contributed by atoms with Crippen molar-refractivity contribution in [1.29, 1.82) is 0 Å². The van der Waals surface area contributed by atoms with Gasteiger partial charge < -0.3 is 20.4 Å². The lowest BCUT2D eigenvalue weighted by molar-refractivity contribution is 0.0966. The zero-order chi connectivity index (χ0) is 23.2. The molecule has 0 bridgehead atoms. The van der Waals surface area contributed by atoms with E-state index in [2.05, 4.69) is 67.0 Å². The maximum absolute atomic E-state index is 12.8. The zero-order valence-electron chi connectivity index (χ0n) is 19.4. The van der Waals surface area contributed by atoms with Crippen LogP contribution in [0.1, 0.15) is 21.5 Å². The molecule has 8 heteroatoms. The van der Waals surface area contributed by atoms with Crippen molar-refractivity contribution in [2.24, 2.45) is 0 Å². The Morgan fingerprint density at radius 1 is 1.00 bits per heavy atom. The Morgan fingerprint density at radius 3 is 2.65 bits per heavy atom. The molecule has 0 atom stereocenters. The third-order valence-corrected chi connectivity index (χ3v) is 6.85. The molecular formula is C26H27N7O. The van der Waals surface area contributed by atoms with Gasteiger partial charge in [0.2, 0.25) is 0 Å². The first kappa shape index (κ1) is 20.7. The summed E-state index contributed by atoms with van der Waals surface area (Å²) in [5.41, 5.74) is 7.57. The summed E-state index contributed by atoms with van der Waals surface area (Å²) in [4.78, 5) is 26.7. The number of hydrogen-bond donors (Lipinski definition) is 2. The smallest absolute Gasteiger partial charge is 0.254 e. The molecule has 172 valence electrons. The summed E-state index contributed by atoms with van der Waals surface area (Å²) in [6.45, 7) is 6.66. The first-order valence-electron chi connectivity index (χ1n) is 11.6. The fourth-order valence-electron chi connectivity index (χ4n) is 4.89. The van der Waals surface area contributed by atoms with Crippen molar-refractivity contribution in [2.45, 2.75) is 13.5 Å². The number of imidazole rings is 1. The van der Waals surface area contributed by atoms with E-state index in [-0.39, 0.29) is 5.91 Å². The molecule has 2 aliphatic heterocycles. The van der Waals surface area contributed by atoms with E-state index in [1.807, 2.05) is 36.8 Å². The summed E-state index contributed by atoms with van der Waals surface area (Å²) in [6.07, 6.45) is 5.80. The number of aromatic nitrogens is 3. The lowest BCUT2D eigenvalue weighted by atomic mass is 9.99. The van der Waals surface area contributed by atoms with E-state index in [1.165, 1.54) is 0 Å². The largest absolute Gasteiger partial charge is 0.368 e. The third-order valence-electron chi connectivity index (χ3n) is 6.85. The van der Waals surface area contributed by atoms with Gasteiger partial charge in [-0.2, -0.15) is 0 Å². The van der Waals surface area contributed by atoms with Crippen molar-refractivity contribution < 1.29 is 4.79 Å². The predicted molar refractivity (Wildman–Crippen MR) is 134 cm³/mol. The van der Waals surface area contributed by atoms with E-state index < -0.39 is 0 Å². The van der Waals surface area contributed by atoms with Crippen LogP contribution in [0.2, 0.25) is 0 Å². The van der Waals surface area contributed by atoms with E-state index in [0.717, 1.165) is 71.4 Å². The van der Waals surface area contributed by atoms with Crippen molar-refractivity contribution in [3.8, 4) is 11.3 Å². The molecule has 8 nitrogen and oxygen atoms in total. The van der Waals surface area contributed by atoms with E-state index in [4.69, 9.17) is 0 Å². The highest BCUT2D eigenvalue weighted by Gasteiger charge is 2.27. The highest BCUT2D eigenvalue weighted by molar-refractivity contribution is 6.06. The molecule has 1 aromatic carbocycles. The highest BCUT2D eigenvalue weighted by Crippen LogP contribution is 2.35. The van der Waals surface area contributed by atoms with Gasteiger partial charge in [0.05, 0.1) is 35.0 Å². The number of aryl methyl sites for hydroxylation is 1. The second-order valence-electron chi connectivity index (χ2n) is 9.04. The van der Waals surface area contributed by atoms with Crippen LogP contribution in [0.4, 0.5) is 17.2 Å². The molecule has 2 N–H and O–H groups in total. The number of likely N-dealkylation sites (N-methyl/N-ethyl adjacent to an activating group) is 1. The van der Waals surface area contributed by atoms with Crippen molar-refractivity contribution in [3.63, 3.8) is 0 Å². The topological polar surface area (TPSA) is 77.8 Å². The van der Waals surface area contributed by atoms with Gasteiger partial charge in [0.15, 0.2) is 0 Å². The maximum atomic E-state index is 12.8. The Labute approximate surface area is 198 Å². The van der Waals surface area contributed by atoms with Gasteiger partial charge in [-0.05, 0) is 49.4 Å². The Balaban J connectivity index is 1.31. The number of anilines is 3. The van der Waals surface area contributed by atoms with Crippen LogP contribution in [0.15, 0.2) is 55.0 Å². The number of carbonyl (C=O) groups excluding carboxylic acids is 1. The highest BCUT2D eigenvalue weighted by atomic mass is 16.1.